The summed E-state index contributed by atoms with van der Waals surface area (Å²) in [6, 6.07) is 0.679. The van der Waals surface area contributed by atoms with Gasteiger partial charge in [0.25, 0.3) is 0 Å². The highest BCUT2D eigenvalue weighted by Crippen LogP contribution is 2.21. The quantitative estimate of drug-likeness (QED) is 0.770. The van der Waals surface area contributed by atoms with E-state index in [0.29, 0.717) is 18.2 Å². The number of hydrogen-bond acceptors (Lipinski definition) is 4. The lowest BCUT2D eigenvalue weighted by Crippen LogP contribution is -2.51. The van der Waals surface area contributed by atoms with E-state index in [4.69, 9.17) is 4.74 Å². The predicted molar refractivity (Wildman–Crippen MR) is 70.4 cm³/mol. The Kier molecular flexibility index (Phi) is 4.79. The third kappa shape index (κ3) is 3.65. The van der Waals surface area contributed by atoms with Gasteiger partial charge in [-0.2, -0.15) is 0 Å². The molecule has 0 saturated carbocycles. The van der Waals surface area contributed by atoms with Gasteiger partial charge in [0.05, 0.1) is 12.2 Å². The second-order valence-electron chi connectivity index (χ2n) is 5.60. The molecule has 1 N–H and O–H groups in total. The fourth-order valence-corrected chi connectivity index (χ4v) is 2.87. The predicted octanol–water partition coefficient (Wildman–Crippen LogP) is 0.389. The molecule has 17 heavy (non-hydrogen) atoms. The fourth-order valence-electron chi connectivity index (χ4n) is 2.87. The van der Waals surface area contributed by atoms with E-state index >= 15 is 0 Å². The second kappa shape index (κ2) is 6.14. The van der Waals surface area contributed by atoms with Crippen molar-refractivity contribution in [1.82, 2.24) is 15.1 Å². The molecule has 2 aliphatic heterocycles. The van der Waals surface area contributed by atoms with E-state index in [-0.39, 0.29) is 0 Å². The average Bonchev–Trinajstić information content (AvgIpc) is 2.72. The standard InChI is InChI=1S/C13H27N3O/c1-11-9-16(7-6-15(11)3)10-13-5-4-12(17-13)8-14-2/h11-14H,4-10H2,1-3H3. The van der Waals surface area contributed by atoms with Gasteiger partial charge in [0, 0.05) is 38.8 Å². The summed E-state index contributed by atoms with van der Waals surface area (Å²) in [5.74, 6) is 0. The van der Waals surface area contributed by atoms with Crippen LogP contribution in [0.4, 0.5) is 0 Å². The minimum atomic E-state index is 0.440. The Balaban J connectivity index is 1.71. The molecule has 0 radical (unpaired) electrons. The van der Waals surface area contributed by atoms with Crippen LogP contribution in [0.15, 0.2) is 0 Å². The van der Waals surface area contributed by atoms with Crippen molar-refractivity contribution in [1.29, 1.82) is 0 Å². The number of ether oxygens (including phenoxy) is 1. The molecule has 0 aliphatic carbocycles. The molecular weight excluding hydrogens is 214 g/mol. The van der Waals surface area contributed by atoms with E-state index in [2.05, 4.69) is 29.1 Å². The van der Waals surface area contributed by atoms with Gasteiger partial charge in [0.1, 0.15) is 0 Å². The minimum Gasteiger partial charge on any atom is -0.372 e. The van der Waals surface area contributed by atoms with E-state index < -0.39 is 0 Å². The fraction of sp³-hybridized carbons (Fsp3) is 1.00. The van der Waals surface area contributed by atoms with Crippen LogP contribution in [-0.4, -0.2) is 74.9 Å². The number of likely N-dealkylation sites (N-methyl/N-ethyl adjacent to an activating group) is 2. The average molecular weight is 241 g/mol. The summed E-state index contributed by atoms with van der Waals surface area (Å²) in [5.41, 5.74) is 0. The van der Waals surface area contributed by atoms with Gasteiger partial charge in [-0.3, -0.25) is 4.90 Å². The Hall–Kier alpha value is -0.160. The molecule has 2 heterocycles. The highest BCUT2D eigenvalue weighted by molar-refractivity contribution is 4.82. The smallest absolute Gasteiger partial charge is 0.0707 e. The van der Waals surface area contributed by atoms with Crippen LogP contribution in [0.5, 0.6) is 0 Å². The lowest BCUT2D eigenvalue weighted by atomic mass is 10.1. The molecule has 2 rings (SSSR count). The number of rotatable bonds is 4. The summed E-state index contributed by atoms with van der Waals surface area (Å²) >= 11 is 0. The molecule has 2 fully saturated rings. The van der Waals surface area contributed by atoms with Gasteiger partial charge >= 0.3 is 0 Å². The lowest BCUT2D eigenvalue weighted by Gasteiger charge is -2.38. The first kappa shape index (κ1) is 13.3. The maximum Gasteiger partial charge on any atom is 0.0707 e. The van der Waals surface area contributed by atoms with Crippen LogP contribution >= 0.6 is 0 Å². The Morgan fingerprint density at radius 2 is 2.00 bits per heavy atom. The van der Waals surface area contributed by atoms with Crippen molar-refractivity contribution >= 4 is 0 Å². The maximum atomic E-state index is 6.05. The monoisotopic (exact) mass is 241 g/mol. The van der Waals surface area contributed by atoms with Crippen LogP contribution in [0.3, 0.4) is 0 Å². The van der Waals surface area contributed by atoms with E-state index in [1.807, 2.05) is 7.05 Å². The third-order valence-electron chi connectivity index (χ3n) is 4.13. The van der Waals surface area contributed by atoms with Gasteiger partial charge in [-0.05, 0) is 33.9 Å². The van der Waals surface area contributed by atoms with Crippen molar-refractivity contribution in [3.63, 3.8) is 0 Å². The van der Waals surface area contributed by atoms with Crippen LogP contribution in [-0.2, 0) is 4.74 Å². The van der Waals surface area contributed by atoms with E-state index in [1.54, 1.807) is 0 Å². The Bertz CT molecular complexity index is 237. The molecule has 3 unspecified atom stereocenters. The van der Waals surface area contributed by atoms with Crippen molar-refractivity contribution in [2.75, 3.05) is 46.8 Å². The third-order valence-corrected chi connectivity index (χ3v) is 4.13. The van der Waals surface area contributed by atoms with Crippen molar-refractivity contribution in [3.05, 3.63) is 0 Å². The first-order valence-electron chi connectivity index (χ1n) is 6.91. The number of nitrogens with zero attached hydrogens (tertiary/aromatic N) is 2. The summed E-state index contributed by atoms with van der Waals surface area (Å²) < 4.78 is 6.05. The summed E-state index contributed by atoms with van der Waals surface area (Å²) in [4.78, 5) is 5.01. The molecule has 4 nitrogen and oxygen atoms in total. The highest BCUT2D eigenvalue weighted by Gasteiger charge is 2.28. The zero-order chi connectivity index (χ0) is 12.3. The van der Waals surface area contributed by atoms with E-state index in [0.717, 1.165) is 13.1 Å². The van der Waals surface area contributed by atoms with E-state index in [9.17, 15) is 0 Å². The normalized spacial score (nSPS) is 36.5. The number of piperazine rings is 1. The molecule has 100 valence electrons. The van der Waals surface area contributed by atoms with Crippen LogP contribution in [0.25, 0.3) is 0 Å². The van der Waals surface area contributed by atoms with Gasteiger partial charge in [-0.1, -0.05) is 0 Å². The molecule has 0 aromatic heterocycles. The molecule has 2 aliphatic rings. The first-order chi connectivity index (χ1) is 8.19. The summed E-state index contributed by atoms with van der Waals surface area (Å²) in [6.45, 7) is 8.00. The van der Waals surface area contributed by atoms with Gasteiger partial charge < -0.3 is 15.0 Å². The second-order valence-corrected chi connectivity index (χ2v) is 5.60. The van der Waals surface area contributed by atoms with Crippen molar-refractivity contribution < 1.29 is 4.74 Å². The largest absolute Gasteiger partial charge is 0.372 e. The lowest BCUT2D eigenvalue weighted by molar-refractivity contribution is 0.00769. The summed E-state index contributed by atoms with van der Waals surface area (Å²) in [7, 11) is 4.22. The summed E-state index contributed by atoms with van der Waals surface area (Å²) in [5, 5.41) is 3.20. The molecule has 0 spiro atoms. The topological polar surface area (TPSA) is 27.7 Å². The van der Waals surface area contributed by atoms with E-state index in [1.165, 1.54) is 32.5 Å². The zero-order valence-electron chi connectivity index (χ0n) is 11.5. The zero-order valence-corrected chi connectivity index (χ0v) is 11.5. The molecule has 2 saturated heterocycles. The van der Waals surface area contributed by atoms with Gasteiger partial charge in [-0.15, -0.1) is 0 Å². The van der Waals surface area contributed by atoms with Crippen LogP contribution in [0.2, 0.25) is 0 Å². The molecule has 4 heteroatoms. The molecule has 0 aromatic rings. The first-order valence-corrected chi connectivity index (χ1v) is 6.91. The molecular formula is C13H27N3O. The van der Waals surface area contributed by atoms with Gasteiger partial charge in [0.2, 0.25) is 0 Å². The Labute approximate surface area is 105 Å². The molecule has 0 amide bonds. The van der Waals surface area contributed by atoms with Crippen LogP contribution < -0.4 is 5.32 Å². The van der Waals surface area contributed by atoms with Gasteiger partial charge in [0.15, 0.2) is 0 Å². The molecule has 3 atom stereocenters. The molecule has 0 bridgehead atoms. The minimum absolute atomic E-state index is 0.440. The Morgan fingerprint density at radius 3 is 2.71 bits per heavy atom. The number of nitrogens with one attached hydrogen (secondary N) is 1. The maximum absolute atomic E-state index is 6.05. The molecule has 0 aromatic carbocycles. The Morgan fingerprint density at radius 1 is 1.24 bits per heavy atom. The van der Waals surface area contributed by atoms with Gasteiger partial charge in [-0.25, -0.2) is 0 Å². The van der Waals surface area contributed by atoms with Crippen molar-refractivity contribution in [3.8, 4) is 0 Å². The van der Waals surface area contributed by atoms with Crippen LogP contribution in [0.1, 0.15) is 19.8 Å². The number of hydrogen-bond donors (Lipinski definition) is 1. The summed E-state index contributed by atoms with van der Waals surface area (Å²) in [6.07, 6.45) is 3.35. The van der Waals surface area contributed by atoms with Crippen molar-refractivity contribution in [2.45, 2.75) is 38.0 Å². The SMILES string of the molecule is CNCC1CCC(CN2CCN(C)C(C)C2)O1. The van der Waals surface area contributed by atoms with Crippen LogP contribution in [0, 0.1) is 0 Å². The highest BCUT2D eigenvalue weighted by atomic mass is 16.5. The van der Waals surface area contributed by atoms with Crippen molar-refractivity contribution in [2.24, 2.45) is 0 Å².